The molecule has 1 aliphatic heterocycles. The Morgan fingerprint density at radius 3 is 2.35 bits per heavy atom. The third kappa shape index (κ3) is 5.37. The summed E-state index contributed by atoms with van der Waals surface area (Å²) in [5, 5.41) is 2.76. The molecule has 31 heavy (non-hydrogen) atoms. The summed E-state index contributed by atoms with van der Waals surface area (Å²) in [6.07, 6.45) is -2.81. The lowest BCUT2D eigenvalue weighted by Crippen LogP contribution is -2.47. The van der Waals surface area contributed by atoms with Crippen LogP contribution in [0.2, 0.25) is 0 Å². The number of alkyl halides is 3. The summed E-state index contributed by atoms with van der Waals surface area (Å²) in [4.78, 5) is 27.3. The molecule has 2 amide bonds. The molecule has 2 aromatic carbocycles. The van der Waals surface area contributed by atoms with Crippen LogP contribution in [0.25, 0.3) is 0 Å². The average Bonchev–Trinajstić information content (AvgIpc) is 2.75. The molecule has 5 nitrogen and oxygen atoms in total. The molecule has 0 unspecified atom stereocenters. The van der Waals surface area contributed by atoms with Gasteiger partial charge in [0, 0.05) is 24.8 Å². The third-order valence-electron chi connectivity index (χ3n) is 5.68. The zero-order valence-electron chi connectivity index (χ0n) is 17.3. The largest absolute Gasteiger partial charge is 0.416 e. The highest BCUT2D eigenvalue weighted by Crippen LogP contribution is 2.31. The number of nitrogens with zero attached hydrogens (tertiary/aromatic N) is 1. The van der Waals surface area contributed by atoms with Crippen molar-refractivity contribution in [1.29, 1.82) is 0 Å². The van der Waals surface area contributed by atoms with Gasteiger partial charge in [-0.25, -0.2) is 0 Å². The van der Waals surface area contributed by atoms with Crippen LogP contribution in [-0.4, -0.2) is 35.8 Å². The first-order valence-electron chi connectivity index (χ1n) is 10.3. The van der Waals surface area contributed by atoms with Crippen molar-refractivity contribution < 1.29 is 22.8 Å². The summed E-state index contributed by atoms with van der Waals surface area (Å²) in [5.74, 6) is -0.790. The Morgan fingerprint density at radius 2 is 1.77 bits per heavy atom. The van der Waals surface area contributed by atoms with Crippen molar-refractivity contribution in [2.24, 2.45) is 0 Å². The van der Waals surface area contributed by atoms with Crippen LogP contribution in [0.15, 0.2) is 48.5 Å². The summed E-state index contributed by atoms with van der Waals surface area (Å²) in [7, 11) is 0. The van der Waals surface area contributed by atoms with E-state index in [2.05, 4.69) is 5.32 Å². The fraction of sp³-hybridized carbons (Fsp3) is 0.391. The van der Waals surface area contributed by atoms with E-state index in [1.54, 1.807) is 4.90 Å². The number of benzene rings is 2. The third-order valence-corrected chi connectivity index (χ3v) is 5.68. The molecule has 0 radical (unpaired) electrons. The van der Waals surface area contributed by atoms with Gasteiger partial charge in [0.1, 0.15) is 0 Å². The van der Waals surface area contributed by atoms with Crippen molar-refractivity contribution in [1.82, 2.24) is 10.2 Å². The van der Waals surface area contributed by atoms with Gasteiger partial charge in [-0.2, -0.15) is 13.2 Å². The molecule has 0 spiro atoms. The first kappa shape index (κ1) is 22.7. The lowest BCUT2D eigenvalue weighted by Gasteiger charge is -2.34. The van der Waals surface area contributed by atoms with Crippen LogP contribution in [0.4, 0.5) is 18.9 Å². The van der Waals surface area contributed by atoms with Gasteiger partial charge in [0.05, 0.1) is 17.0 Å². The number of piperidine rings is 1. The van der Waals surface area contributed by atoms with Crippen molar-refractivity contribution >= 4 is 17.5 Å². The fourth-order valence-electron chi connectivity index (χ4n) is 3.90. The van der Waals surface area contributed by atoms with E-state index in [9.17, 15) is 22.8 Å². The number of nitrogen functional groups attached to an aromatic ring is 1. The van der Waals surface area contributed by atoms with E-state index in [1.807, 2.05) is 37.3 Å². The van der Waals surface area contributed by atoms with Crippen molar-refractivity contribution in [3.05, 3.63) is 65.2 Å². The molecular formula is C23H26F3N3O2. The highest BCUT2D eigenvalue weighted by Gasteiger charge is 2.32. The first-order valence-corrected chi connectivity index (χ1v) is 10.3. The van der Waals surface area contributed by atoms with E-state index in [-0.39, 0.29) is 29.1 Å². The Morgan fingerprint density at radius 1 is 1.13 bits per heavy atom. The van der Waals surface area contributed by atoms with Gasteiger partial charge in [0.15, 0.2) is 0 Å². The van der Waals surface area contributed by atoms with Crippen LogP contribution >= 0.6 is 0 Å². The number of amides is 2. The fourth-order valence-corrected chi connectivity index (χ4v) is 3.90. The van der Waals surface area contributed by atoms with Gasteiger partial charge < -0.3 is 16.0 Å². The van der Waals surface area contributed by atoms with Gasteiger partial charge >= 0.3 is 6.18 Å². The molecule has 166 valence electrons. The number of halogens is 3. The summed E-state index contributed by atoms with van der Waals surface area (Å²) in [6, 6.07) is 12.1. The molecule has 3 N–H and O–H groups in total. The van der Waals surface area contributed by atoms with E-state index in [0.717, 1.165) is 23.8 Å². The van der Waals surface area contributed by atoms with Crippen LogP contribution in [0.1, 0.15) is 53.6 Å². The van der Waals surface area contributed by atoms with Gasteiger partial charge in [0.2, 0.25) is 5.91 Å². The Kier molecular flexibility index (Phi) is 6.87. The van der Waals surface area contributed by atoms with Gasteiger partial charge in [-0.3, -0.25) is 9.59 Å². The number of anilines is 1. The number of carbonyl (C=O) groups excluding carboxylic acids is 2. The highest BCUT2D eigenvalue weighted by atomic mass is 19.4. The summed E-state index contributed by atoms with van der Waals surface area (Å²) >= 11 is 0. The van der Waals surface area contributed by atoms with E-state index in [1.165, 1.54) is 0 Å². The number of nitrogens with two attached hydrogens (primary N) is 1. The molecule has 0 bridgehead atoms. The minimum atomic E-state index is -4.55. The molecule has 8 heteroatoms. The molecular weight excluding hydrogens is 407 g/mol. The minimum Gasteiger partial charge on any atom is -0.398 e. The minimum absolute atomic E-state index is 0.00763. The topological polar surface area (TPSA) is 75.4 Å². The second kappa shape index (κ2) is 9.41. The lowest BCUT2D eigenvalue weighted by molar-refractivity contribution is -0.137. The number of nitrogens with one attached hydrogen (secondary N) is 1. The predicted molar refractivity (Wildman–Crippen MR) is 112 cm³/mol. The van der Waals surface area contributed by atoms with E-state index in [0.29, 0.717) is 32.4 Å². The molecule has 0 aromatic heterocycles. The second-order valence-corrected chi connectivity index (χ2v) is 7.74. The standard InChI is InChI=1S/C23H26F3N3O2/c1-2-18(15-6-4-3-5-7-15)22(31)29-12-10-17(11-13-29)28-21(30)19-14-16(23(24,25)26)8-9-20(19)27/h3-9,14,17-18H,2,10-13,27H2,1H3,(H,28,30)/t18-/m0/s1. The van der Waals surface area contributed by atoms with E-state index in [4.69, 9.17) is 5.73 Å². The van der Waals surface area contributed by atoms with Crippen LogP contribution < -0.4 is 11.1 Å². The van der Waals surface area contributed by atoms with Crippen LogP contribution in [0, 0.1) is 0 Å². The SMILES string of the molecule is CC[C@H](C(=O)N1CCC(NC(=O)c2cc(C(F)(F)F)ccc2N)CC1)c1ccccc1. The summed E-state index contributed by atoms with van der Waals surface area (Å²) < 4.78 is 38.8. The maximum Gasteiger partial charge on any atom is 0.416 e. The second-order valence-electron chi connectivity index (χ2n) is 7.74. The first-order chi connectivity index (χ1) is 14.7. The van der Waals surface area contributed by atoms with Crippen LogP contribution in [0.5, 0.6) is 0 Å². The number of carbonyl (C=O) groups is 2. The van der Waals surface area contributed by atoms with Crippen LogP contribution in [-0.2, 0) is 11.0 Å². The number of hydrogen-bond donors (Lipinski definition) is 2. The monoisotopic (exact) mass is 433 g/mol. The molecule has 1 heterocycles. The van der Waals surface area contributed by atoms with Crippen LogP contribution in [0.3, 0.4) is 0 Å². The van der Waals surface area contributed by atoms with Gasteiger partial charge in [-0.1, -0.05) is 37.3 Å². The Labute approximate surface area is 179 Å². The molecule has 2 aromatic rings. The summed E-state index contributed by atoms with van der Waals surface area (Å²) in [5.41, 5.74) is 5.58. The molecule has 0 aliphatic carbocycles. The molecule has 0 saturated carbocycles. The van der Waals surface area contributed by atoms with Gasteiger partial charge in [-0.15, -0.1) is 0 Å². The van der Waals surface area contributed by atoms with Crippen molar-refractivity contribution in [3.63, 3.8) is 0 Å². The predicted octanol–water partition coefficient (Wildman–Crippen LogP) is 4.20. The normalized spacial score (nSPS) is 16.1. The smallest absolute Gasteiger partial charge is 0.398 e. The quantitative estimate of drug-likeness (QED) is 0.694. The Bertz CT molecular complexity index is 923. The van der Waals surface area contributed by atoms with Gasteiger partial charge in [0.25, 0.3) is 5.91 Å². The number of likely N-dealkylation sites (tertiary alicyclic amines) is 1. The lowest BCUT2D eigenvalue weighted by atomic mass is 9.93. The zero-order chi connectivity index (χ0) is 22.6. The maximum atomic E-state index is 13.0. The highest BCUT2D eigenvalue weighted by molar-refractivity contribution is 5.99. The number of hydrogen-bond acceptors (Lipinski definition) is 3. The van der Waals surface area contributed by atoms with Crippen molar-refractivity contribution in [2.75, 3.05) is 18.8 Å². The van der Waals surface area contributed by atoms with E-state index >= 15 is 0 Å². The Balaban J connectivity index is 1.60. The molecule has 1 aliphatic rings. The molecule has 1 fully saturated rings. The van der Waals surface area contributed by atoms with Crippen molar-refractivity contribution in [2.45, 2.75) is 44.3 Å². The zero-order valence-corrected chi connectivity index (χ0v) is 17.3. The Hall–Kier alpha value is -3.03. The molecule has 1 atom stereocenters. The van der Waals surface area contributed by atoms with E-state index < -0.39 is 17.6 Å². The number of rotatable bonds is 5. The molecule has 3 rings (SSSR count). The van der Waals surface area contributed by atoms with Gasteiger partial charge in [-0.05, 0) is 43.0 Å². The maximum absolute atomic E-state index is 13.0. The average molecular weight is 433 g/mol. The summed E-state index contributed by atoms with van der Waals surface area (Å²) in [6.45, 7) is 2.93. The molecule has 1 saturated heterocycles. The van der Waals surface area contributed by atoms with Crippen molar-refractivity contribution in [3.8, 4) is 0 Å².